The number of hydrogen-bond donors (Lipinski definition) is 0. The molecular formula is C7H9ClN2O4S. The Kier molecular flexibility index (Phi) is 3.05. The molecule has 0 aliphatic heterocycles. The number of carbonyl (C=O) groups is 1. The van der Waals surface area contributed by atoms with Crippen LogP contribution in [0.4, 0.5) is 4.79 Å². The summed E-state index contributed by atoms with van der Waals surface area (Å²) < 4.78 is 24.2. The minimum atomic E-state index is -3.75. The van der Waals surface area contributed by atoms with Gasteiger partial charge in [-0.15, -0.1) is 0 Å². The summed E-state index contributed by atoms with van der Waals surface area (Å²) in [7, 11) is -3.75. The normalized spacial score (nSPS) is 12.0. The van der Waals surface area contributed by atoms with Crippen molar-refractivity contribution in [1.29, 1.82) is 0 Å². The van der Waals surface area contributed by atoms with Gasteiger partial charge < -0.3 is 0 Å². The fourth-order valence-electron chi connectivity index (χ4n) is 0.916. The summed E-state index contributed by atoms with van der Waals surface area (Å²) in [5, 5.41) is -1.80. The number of rotatable bonds is 2. The van der Waals surface area contributed by atoms with E-state index in [0.717, 1.165) is 12.4 Å². The van der Waals surface area contributed by atoms with Crippen LogP contribution >= 0.6 is 11.6 Å². The van der Waals surface area contributed by atoms with Gasteiger partial charge in [-0.05, 0) is 25.4 Å². The lowest BCUT2D eigenvalue weighted by molar-refractivity contribution is 0.260. The van der Waals surface area contributed by atoms with Crippen LogP contribution < -0.4 is 5.69 Å². The summed E-state index contributed by atoms with van der Waals surface area (Å²) in [6.07, 6.45) is 2.01. The molecule has 0 fully saturated rings. The van der Waals surface area contributed by atoms with E-state index in [1.54, 1.807) is 0 Å². The van der Waals surface area contributed by atoms with E-state index in [-0.39, 0.29) is 0 Å². The Bertz CT molecular complexity index is 540. The maximum Gasteiger partial charge on any atom is 0.349 e. The van der Waals surface area contributed by atoms with Crippen molar-refractivity contribution in [3.8, 4) is 0 Å². The lowest BCUT2D eigenvalue weighted by Gasteiger charge is -2.06. The molecule has 0 saturated carbocycles. The van der Waals surface area contributed by atoms with Crippen LogP contribution in [0.1, 0.15) is 13.8 Å². The Morgan fingerprint density at radius 3 is 2.27 bits per heavy atom. The molecule has 15 heavy (non-hydrogen) atoms. The molecule has 1 heterocycles. The van der Waals surface area contributed by atoms with E-state index in [9.17, 15) is 18.0 Å². The van der Waals surface area contributed by atoms with Crippen LogP contribution in [0, 0.1) is 0 Å². The number of aromatic nitrogens is 2. The van der Waals surface area contributed by atoms with E-state index in [4.69, 9.17) is 11.6 Å². The lowest BCUT2D eigenvalue weighted by Crippen LogP contribution is -2.34. The summed E-state index contributed by atoms with van der Waals surface area (Å²) in [6, 6.07) is 0. The Hall–Kier alpha value is -1.08. The van der Waals surface area contributed by atoms with Gasteiger partial charge in [0.25, 0.3) is 0 Å². The molecule has 0 atom stereocenters. The third-order valence-electron chi connectivity index (χ3n) is 1.81. The van der Waals surface area contributed by atoms with Gasteiger partial charge in [0.05, 0.1) is 5.25 Å². The van der Waals surface area contributed by atoms with Crippen LogP contribution in [-0.4, -0.2) is 27.6 Å². The molecule has 0 bridgehead atoms. The second-order valence-corrected chi connectivity index (χ2v) is 5.78. The highest BCUT2D eigenvalue weighted by atomic mass is 35.5. The maximum atomic E-state index is 11.6. The quantitative estimate of drug-likeness (QED) is 0.716. The van der Waals surface area contributed by atoms with Gasteiger partial charge in [-0.2, -0.15) is 3.97 Å². The molecular weight excluding hydrogens is 244 g/mol. The SMILES string of the molecule is CC(C)S(=O)(=O)n1ccn(C(=O)Cl)c1=O. The number of hydrogen-bond acceptors (Lipinski definition) is 4. The number of nitrogens with zero attached hydrogens (tertiary/aromatic N) is 2. The average Bonchev–Trinajstić information content (AvgIpc) is 2.46. The van der Waals surface area contributed by atoms with Crippen molar-refractivity contribution in [2.45, 2.75) is 19.1 Å². The van der Waals surface area contributed by atoms with E-state index in [1.165, 1.54) is 13.8 Å². The van der Waals surface area contributed by atoms with Gasteiger partial charge in [-0.3, -0.25) is 4.79 Å². The van der Waals surface area contributed by atoms with E-state index in [0.29, 0.717) is 8.54 Å². The van der Waals surface area contributed by atoms with Crippen LogP contribution in [0.15, 0.2) is 17.2 Å². The Balaban J connectivity index is 3.44. The van der Waals surface area contributed by atoms with E-state index in [1.807, 2.05) is 0 Å². The molecule has 8 heteroatoms. The highest BCUT2D eigenvalue weighted by molar-refractivity contribution is 7.90. The monoisotopic (exact) mass is 252 g/mol. The van der Waals surface area contributed by atoms with Crippen molar-refractivity contribution in [1.82, 2.24) is 8.54 Å². The second-order valence-electron chi connectivity index (χ2n) is 3.09. The standard InChI is InChI=1S/C7H9ClN2O4S/c1-5(2)15(13,14)10-4-3-9(6(8)11)7(10)12/h3-5H,1-2H3. The van der Waals surface area contributed by atoms with Gasteiger partial charge in [-0.1, -0.05) is 0 Å². The summed E-state index contributed by atoms with van der Waals surface area (Å²) >= 11 is 5.07. The van der Waals surface area contributed by atoms with Crippen molar-refractivity contribution >= 4 is 27.0 Å². The second kappa shape index (κ2) is 3.82. The number of imidazole rings is 1. The Morgan fingerprint density at radius 1 is 1.40 bits per heavy atom. The van der Waals surface area contributed by atoms with Gasteiger partial charge in [0.1, 0.15) is 0 Å². The van der Waals surface area contributed by atoms with Gasteiger partial charge in [0.15, 0.2) is 0 Å². The zero-order valence-electron chi connectivity index (χ0n) is 8.05. The van der Waals surface area contributed by atoms with Crippen molar-refractivity contribution in [2.75, 3.05) is 0 Å². The molecule has 0 amide bonds. The zero-order chi connectivity index (χ0) is 11.8. The van der Waals surface area contributed by atoms with Gasteiger partial charge in [0.2, 0.25) is 10.0 Å². The fraction of sp³-hybridized carbons (Fsp3) is 0.429. The molecule has 0 aromatic carbocycles. The van der Waals surface area contributed by atoms with E-state index in [2.05, 4.69) is 0 Å². The maximum absolute atomic E-state index is 11.6. The topological polar surface area (TPSA) is 78.1 Å². The molecule has 84 valence electrons. The Morgan fingerprint density at radius 2 is 1.93 bits per heavy atom. The Labute approximate surface area is 91.1 Å². The third kappa shape index (κ3) is 1.98. The van der Waals surface area contributed by atoms with Gasteiger partial charge in [-0.25, -0.2) is 17.8 Å². The smallest absolute Gasteiger partial charge is 0.254 e. The van der Waals surface area contributed by atoms with Crippen molar-refractivity contribution in [2.24, 2.45) is 0 Å². The van der Waals surface area contributed by atoms with Gasteiger partial charge >= 0.3 is 11.1 Å². The fourth-order valence-corrected chi connectivity index (χ4v) is 2.03. The van der Waals surface area contributed by atoms with Crippen LogP contribution in [0.25, 0.3) is 0 Å². The van der Waals surface area contributed by atoms with E-state index >= 15 is 0 Å². The van der Waals surface area contributed by atoms with Crippen molar-refractivity contribution in [3.05, 3.63) is 22.9 Å². The zero-order valence-corrected chi connectivity index (χ0v) is 9.62. The molecule has 0 aliphatic rings. The molecule has 0 N–H and O–H groups in total. The van der Waals surface area contributed by atoms with Crippen molar-refractivity contribution < 1.29 is 13.2 Å². The summed E-state index contributed by atoms with van der Waals surface area (Å²) in [5.41, 5.74) is -0.983. The lowest BCUT2D eigenvalue weighted by atomic mass is 10.6. The third-order valence-corrected chi connectivity index (χ3v) is 4.00. The molecule has 1 aromatic heterocycles. The molecule has 1 rings (SSSR count). The van der Waals surface area contributed by atoms with Crippen LogP contribution in [0.2, 0.25) is 0 Å². The molecule has 0 saturated heterocycles. The van der Waals surface area contributed by atoms with E-state index < -0.39 is 26.3 Å². The minimum absolute atomic E-state index is 0.498. The predicted octanol–water partition coefficient (Wildman–Crippen LogP) is 0.443. The average molecular weight is 253 g/mol. The first-order chi connectivity index (χ1) is 6.78. The predicted molar refractivity (Wildman–Crippen MR) is 54.8 cm³/mol. The highest BCUT2D eigenvalue weighted by Gasteiger charge is 2.22. The largest absolute Gasteiger partial charge is 0.349 e. The molecule has 0 aliphatic carbocycles. The molecule has 0 radical (unpaired) electrons. The molecule has 0 unspecified atom stereocenters. The number of halogens is 1. The van der Waals surface area contributed by atoms with Crippen LogP contribution in [0.3, 0.4) is 0 Å². The van der Waals surface area contributed by atoms with Crippen LogP contribution in [-0.2, 0) is 10.0 Å². The molecule has 6 nitrogen and oxygen atoms in total. The molecule has 1 aromatic rings. The van der Waals surface area contributed by atoms with Crippen LogP contribution in [0.5, 0.6) is 0 Å². The first-order valence-electron chi connectivity index (χ1n) is 4.02. The molecule has 0 spiro atoms. The number of carbonyl (C=O) groups excluding carboxylic acids is 1. The van der Waals surface area contributed by atoms with Crippen molar-refractivity contribution in [3.63, 3.8) is 0 Å². The summed E-state index contributed by atoms with van der Waals surface area (Å²) in [4.78, 5) is 22.1. The van der Waals surface area contributed by atoms with Gasteiger partial charge in [0, 0.05) is 12.4 Å². The minimum Gasteiger partial charge on any atom is -0.254 e. The first kappa shape index (κ1) is 12.0. The first-order valence-corrected chi connectivity index (χ1v) is 5.91. The summed E-state index contributed by atoms with van der Waals surface area (Å²) in [6.45, 7) is 2.86. The summed E-state index contributed by atoms with van der Waals surface area (Å²) in [5.74, 6) is 0. The highest BCUT2D eigenvalue weighted by Crippen LogP contribution is 2.02.